The van der Waals surface area contributed by atoms with Crippen LogP contribution in [0.3, 0.4) is 0 Å². The molecule has 3 aromatic carbocycles. The number of anilines is 1. The number of imidazole rings is 1. The second kappa shape index (κ2) is 11.4. The third-order valence-electron chi connectivity index (χ3n) is 8.00. The number of para-hydroxylation sites is 2. The number of aryl methyl sites for hydroxylation is 1. The van der Waals surface area contributed by atoms with E-state index in [1.807, 2.05) is 56.6 Å². The fourth-order valence-corrected chi connectivity index (χ4v) is 5.95. The van der Waals surface area contributed by atoms with Crippen LogP contribution in [0, 0.1) is 0 Å². The molecule has 1 saturated heterocycles. The van der Waals surface area contributed by atoms with Gasteiger partial charge in [-0.25, -0.2) is 4.98 Å². The van der Waals surface area contributed by atoms with E-state index in [1.54, 1.807) is 4.90 Å². The van der Waals surface area contributed by atoms with Crippen LogP contribution in [-0.2, 0) is 16.8 Å². The van der Waals surface area contributed by atoms with Gasteiger partial charge in [-0.15, -0.1) is 0 Å². The van der Waals surface area contributed by atoms with Crippen molar-refractivity contribution < 1.29 is 4.79 Å². The molecule has 1 N–H and O–H groups in total. The van der Waals surface area contributed by atoms with Crippen molar-refractivity contribution in [2.75, 3.05) is 39.0 Å². The number of nitrogens with zero attached hydrogens (tertiary/aromatic N) is 4. The molecule has 1 aromatic heterocycles. The SMILES string of the molecule is CCn1c(NC2CCN(CCC(C(=O)N(C)C)(c3ccccc3)c3ccccc3)CC2)nc2ccccc21. The summed E-state index contributed by atoms with van der Waals surface area (Å²) in [6.07, 6.45) is 2.85. The monoisotopic (exact) mass is 509 g/mol. The van der Waals surface area contributed by atoms with Crippen LogP contribution in [0.15, 0.2) is 84.9 Å². The second-order valence-electron chi connectivity index (χ2n) is 10.5. The molecule has 1 aliphatic rings. The van der Waals surface area contributed by atoms with Gasteiger partial charge >= 0.3 is 0 Å². The van der Waals surface area contributed by atoms with E-state index in [4.69, 9.17) is 4.98 Å². The van der Waals surface area contributed by atoms with Crippen LogP contribution in [0.5, 0.6) is 0 Å². The molecule has 0 saturated carbocycles. The van der Waals surface area contributed by atoms with Gasteiger partial charge in [-0.3, -0.25) is 4.79 Å². The molecule has 0 atom stereocenters. The van der Waals surface area contributed by atoms with Crippen molar-refractivity contribution in [3.63, 3.8) is 0 Å². The van der Waals surface area contributed by atoms with Crippen LogP contribution in [0.4, 0.5) is 5.95 Å². The first-order chi connectivity index (χ1) is 18.5. The van der Waals surface area contributed by atoms with E-state index >= 15 is 0 Å². The maximum Gasteiger partial charge on any atom is 0.237 e. The van der Waals surface area contributed by atoms with Gasteiger partial charge in [-0.1, -0.05) is 72.8 Å². The third-order valence-corrected chi connectivity index (χ3v) is 8.00. The number of amides is 1. The maximum absolute atomic E-state index is 13.9. The zero-order valence-electron chi connectivity index (χ0n) is 22.8. The summed E-state index contributed by atoms with van der Waals surface area (Å²) in [6, 6.07) is 29.3. The summed E-state index contributed by atoms with van der Waals surface area (Å²) in [5.41, 5.74) is 3.61. The number of rotatable bonds is 9. The van der Waals surface area contributed by atoms with Crippen LogP contribution >= 0.6 is 0 Å². The van der Waals surface area contributed by atoms with Crippen molar-refractivity contribution in [2.24, 2.45) is 0 Å². The van der Waals surface area contributed by atoms with E-state index < -0.39 is 5.41 Å². The zero-order chi connectivity index (χ0) is 26.5. The molecular formula is C32H39N5O. The lowest BCUT2D eigenvalue weighted by atomic mass is 9.70. The summed E-state index contributed by atoms with van der Waals surface area (Å²) in [6.45, 7) is 5.93. The average Bonchev–Trinajstić information content (AvgIpc) is 3.32. The van der Waals surface area contributed by atoms with Gasteiger partial charge in [-0.2, -0.15) is 0 Å². The lowest BCUT2D eigenvalue weighted by molar-refractivity contribution is -0.133. The highest BCUT2D eigenvalue weighted by molar-refractivity contribution is 5.92. The number of aromatic nitrogens is 2. The fraction of sp³-hybridized carbons (Fsp3) is 0.375. The summed E-state index contributed by atoms with van der Waals surface area (Å²) in [4.78, 5) is 23.0. The van der Waals surface area contributed by atoms with Crippen LogP contribution in [-0.4, -0.2) is 65.0 Å². The van der Waals surface area contributed by atoms with Gasteiger partial charge in [0.2, 0.25) is 11.9 Å². The van der Waals surface area contributed by atoms with Crippen LogP contribution in [0.2, 0.25) is 0 Å². The number of hydrogen-bond donors (Lipinski definition) is 1. The second-order valence-corrected chi connectivity index (χ2v) is 10.5. The van der Waals surface area contributed by atoms with E-state index in [9.17, 15) is 4.79 Å². The first-order valence-electron chi connectivity index (χ1n) is 13.8. The number of nitrogens with one attached hydrogen (secondary N) is 1. The largest absolute Gasteiger partial charge is 0.353 e. The molecule has 2 heterocycles. The van der Waals surface area contributed by atoms with E-state index in [1.165, 1.54) is 5.52 Å². The average molecular weight is 510 g/mol. The minimum Gasteiger partial charge on any atom is -0.353 e. The highest BCUT2D eigenvalue weighted by Crippen LogP contribution is 2.38. The Hall–Kier alpha value is -3.64. The molecule has 0 aliphatic carbocycles. The Morgan fingerprint density at radius 3 is 2.08 bits per heavy atom. The Kier molecular flexibility index (Phi) is 7.79. The molecule has 0 bridgehead atoms. The highest BCUT2D eigenvalue weighted by Gasteiger charge is 2.43. The summed E-state index contributed by atoms with van der Waals surface area (Å²) in [5.74, 6) is 1.10. The van der Waals surface area contributed by atoms with Crippen molar-refractivity contribution in [3.05, 3.63) is 96.1 Å². The molecule has 38 heavy (non-hydrogen) atoms. The molecule has 1 aliphatic heterocycles. The molecule has 5 rings (SSSR count). The predicted molar refractivity (Wildman–Crippen MR) is 155 cm³/mol. The van der Waals surface area contributed by atoms with Crippen molar-refractivity contribution in [1.82, 2.24) is 19.4 Å². The Labute approximate surface area is 226 Å². The van der Waals surface area contributed by atoms with Gasteiger partial charge in [0.05, 0.1) is 11.0 Å². The maximum atomic E-state index is 13.9. The first-order valence-corrected chi connectivity index (χ1v) is 13.8. The highest BCUT2D eigenvalue weighted by atomic mass is 16.2. The van der Waals surface area contributed by atoms with E-state index in [2.05, 4.69) is 64.2 Å². The quantitative estimate of drug-likeness (QED) is 0.328. The third kappa shape index (κ3) is 5.05. The van der Waals surface area contributed by atoms with Gasteiger partial charge in [-0.05, 0) is 56.0 Å². The van der Waals surface area contributed by atoms with Gasteiger partial charge in [0.25, 0.3) is 0 Å². The van der Waals surface area contributed by atoms with Gasteiger partial charge < -0.3 is 19.7 Å². The first kappa shape index (κ1) is 26.0. The van der Waals surface area contributed by atoms with Gasteiger partial charge in [0.1, 0.15) is 5.41 Å². The summed E-state index contributed by atoms with van der Waals surface area (Å²) in [5, 5.41) is 3.73. The number of likely N-dealkylation sites (N-methyl/N-ethyl adjacent to an activating group) is 1. The smallest absolute Gasteiger partial charge is 0.237 e. The van der Waals surface area contributed by atoms with Crippen molar-refractivity contribution >= 4 is 22.9 Å². The van der Waals surface area contributed by atoms with Crippen LogP contribution < -0.4 is 5.32 Å². The summed E-state index contributed by atoms with van der Waals surface area (Å²) < 4.78 is 2.27. The minimum absolute atomic E-state index is 0.130. The number of carbonyl (C=O) groups is 1. The number of benzene rings is 3. The molecule has 4 aromatic rings. The Balaban J connectivity index is 1.31. The van der Waals surface area contributed by atoms with Gasteiger partial charge in [0.15, 0.2) is 0 Å². The van der Waals surface area contributed by atoms with E-state index in [0.29, 0.717) is 6.04 Å². The molecule has 6 nitrogen and oxygen atoms in total. The molecule has 1 fully saturated rings. The standard InChI is InChI=1S/C32H39N5O/c1-4-37-29-18-12-11-17-28(29)34-31(37)33-27-19-22-36(23-20-27)24-21-32(30(38)35(2)3,25-13-7-5-8-14-25)26-15-9-6-10-16-26/h5-18,27H,4,19-24H2,1-3H3,(H,33,34). The summed E-state index contributed by atoms with van der Waals surface area (Å²) >= 11 is 0. The lowest BCUT2D eigenvalue weighted by Crippen LogP contribution is -2.48. The molecule has 6 heteroatoms. The number of piperidine rings is 1. The molecule has 0 radical (unpaired) electrons. The molecule has 1 amide bonds. The summed E-state index contributed by atoms with van der Waals surface area (Å²) in [7, 11) is 3.73. The van der Waals surface area contributed by atoms with Gasteiger partial charge in [0, 0.05) is 39.8 Å². The predicted octanol–water partition coefficient (Wildman–Crippen LogP) is 5.40. The number of likely N-dealkylation sites (tertiary alicyclic amines) is 1. The fourth-order valence-electron chi connectivity index (χ4n) is 5.95. The number of fused-ring (bicyclic) bond motifs is 1. The molecular weight excluding hydrogens is 470 g/mol. The number of hydrogen-bond acceptors (Lipinski definition) is 4. The Morgan fingerprint density at radius 2 is 1.50 bits per heavy atom. The number of carbonyl (C=O) groups excluding carboxylic acids is 1. The normalized spacial score (nSPS) is 15.0. The lowest BCUT2D eigenvalue weighted by Gasteiger charge is -2.39. The molecule has 198 valence electrons. The van der Waals surface area contributed by atoms with Crippen LogP contribution in [0.25, 0.3) is 11.0 Å². The van der Waals surface area contributed by atoms with Crippen LogP contribution in [0.1, 0.15) is 37.3 Å². The van der Waals surface area contributed by atoms with Crippen molar-refractivity contribution in [1.29, 1.82) is 0 Å². The van der Waals surface area contributed by atoms with Crippen molar-refractivity contribution in [3.8, 4) is 0 Å². The van der Waals surface area contributed by atoms with Crippen molar-refractivity contribution in [2.45, 2.75) is 44.2 Å². The molecule has 0 unspecified atom stereocenters. The molecule has 0 spiro atoms. The Morgan fingerprint density at radius 1 is 0.921 bits per heavy atom. The topological polar surface area (TPSA) is 53.4 Å². The minimum atomic E-state index is -0.715. The zero-order valence-corrected chi connectivity index (χ0v) is 22.8. The Bertz CT molecular complexity index is 1300. The van der Waals surface area contributed by atoms with E-state index in [-0.39, 0.29) is 5.91 Å². The van der Waals surface area contributed by atoms with E-state index in [0.717, 1.165) is 68.0 Å².